The lowest BCUT2D eigenvalue weighted by molar-refractivity contribution is 0.0716. The third-order valence-electron chi connectivity index (χ3n) is 6.11. The molecule has 1 aromatic heterocycles. The van der Waals surface area contributed by atoms with Crippen LogP contribution in [0, 0.1) is 0 Å². The number of rotatable bonds is 7. The third-order valence-corrected chi connectivity index (χ3v) is 7.57. The fourth-order valence-corrected chi connectivity index (χ4v) is 5.46. The van der Waals surface area contributed by atoms with E-state index in [1.54, 1.807) is 16.2 Å². The number of nitrogens with one attached hydrogen (secondary N) is 1. The number of hydrogen-bond acceptors (Lipinski definition) is 5. The highest BCUT2D eigenvalue weighted by Crippen LogP contribution is 2.40. The van der Waals surface area contributed by atoms with Gasteiger partial charge in [0.2, 0.25) is 0 Å². The average Bonchev–Trinajstić information content (AvgIpc) is 3.28. The molecule has 1 N–H and O–H groups in total. The minimum absolute atomic E-state index is 0.0840. The van der Waals surface area contributed by atoms with Gasteiger partial charge in [-0.3, -0.25) is 9.69 Å². The highest BCUT2D eigenvalue weighted by molar-refractivity contribution is 7.16. The van der Waals surface area contributed by atoms with Crippen molar-refractivity contribution in [2.24, 2.45) is 0 Å². The van der Waals surface area contributed by atoms with E-state index < -0.39 is 0 Å². The van der Waals surface area contributed by atoms with Gasteiger partial charge in [0.25, 0.3) is 5.91 Å². The Hall–Kier alpha value is -2.87. The molecule has 2 aromatic carbocycles. The monoisotopic (exact) mass is 511 g/mol. The molecule has 0 saturated carbocycles. The van der Waals surface area contributed by atoms with Gasteiger partial charge in [-0.15, -0.1) is 11.3 Å². The van der Waals surface area contributed by atoms with Crippen molar-refractivity contribution in [2.45, 2.75) is 26.3 Å². The zero-order valence-electron chi connectivity index (χ0n) is 20.0. The second-order valence-corrected chi connectivity index (χ2v) is 9.92. The van der Waals surface area contributed by atoms with Crippen molar-refractivity contribution in [1.29, 1.82) is 0 Å². The second kappa shape index (κ2) is 11.7. The minimum Gasteiger partial charge on any atom is -0.450 e. The van der Waals surface area contributed by atoms with Gasteiger partial charge in [0.1, 0.15) is 5.00 Å². The molecule has 1 aliphatic rings. The van der Waals surface area contributed by atoms with Crippen LogP contribution in [0.15, 0.2) is 60.7 Å². The molecular weight excluding hydrogens is 482 g/mol. The molecule has 1 saturated heterocycles. The average molecular weight is 512 g/mol. The molecule has 35 heavy (non-hydrogen) atoms. The zero-order chi connectivity index (χ0) is 24.8. The van der Waals surface area contributed by atoms with Crippen LogP contribution in [0.4, 0.5) is 9.80 Å². The maximum Gasteiger partial charge on any atom is 0.409 e. The number of thiophene rings is 1. The number of amides is 2. The Morgan fingerprint density at radius 1 is 1.03 bits per heavy atom. The van der Waals surface area contributed by atoms with Gasteiger partial charge in [0.05, 0.1) is 12.6 Å². The van der Waals surface area contributed by atoms with Gasteiger partial charge in [-0.2, -0.15) is 0 Å². The highest BCUT2D eigenvalue weighted by Gasteiger charge is 2.31. The van der Waals surface area contributed by atoms with Gasteiger partial charge in [-0.1, -0.05) is 48.9 Å². The molecule has 0 spiro atoms. The van der Waals surface area contributed by atoms with E-state index in [1.807, 2.05) is 61.5 Å². The molecule has 3 aromatic rings. The Kier molecular flexibility index (Phi) is 8.44. The van der Waals surface area contributed by atoms with Gasteiger partial charge in [0, 0.05) is 47.2 Å². The molecule has 1 fully saturated rings. The molecule has 184 valence electrons. The van der Waals surface area contributed by atoms with Crippen LogP contribution in [0.25, 0.3) is 0 Å². The topological polar surface area (TPSA) is 61.9 Å². The lowest BCUT2D eigenvalue weighted by Crippen LogP contribution is -2.50. The third kappa shape index (κ3) is 6.04. The Labute approximate surface area is 215 Å². The number of anilines is 1. The molecule has 0 aliphatic carbocycles. The standard InChI is InChI=1S/C27H30ClN3O3S/c1-3-22-18-23(26(35-22)29-25(32)20-8-6-5-7-9-20)24(19-10-12-21(28)13-11-19)30-14-16-31(17-15-30)27(33)34-4-2/h5-13,18,24H,3-4,14-17H2,1-2H3,(H,29,32)/t24-/m1/s1. The summed E-state index contributed by atoms with van der Waals surface area (Å²) in [6.45, 7) is 6.85. The normalized spacial score (nSPS) is 15.0. The van der Waals surface area contributed by atoms with Crippen molar-refractivity contribution in [1.82, 2.24) is 9.80 Å². The number of piperazine rings is 1. The predicted octanol–water partition coefficient (Wildman–Crippen LogP) is 6.08. The Morgan fingerprint density at radius 3 is 2.34 bits per heavy atom. The van der Waals surface area contributed by atoms with Crippen LogP contribution in [-0.2, 0) is 11.2 Å². The predicted molar refractivity (Wildman–Crippen MR) is 142 cm³/mol. The second-order valence-electron chi connectivity index (χ2n) is 8.35. The summed E-state index contributed by atoms with van der Waals surface area (Å²) in [5, 5.41) is 4.70. The number of carbonyl (C=O) groups excluding carboxylic acids is 2. The van der Waals surface area contributed by atoms with Crippen LogP contribution in [0.1, 0.15) is 46.3 Å². The van der Waals surface area contributed by atoms with Crippen LogP contribution in [0.2, 0.25) is 5.02 Å². The number of hydrogen-bond donors (Lipinski definition) is 1. The summed E-state index contributed by atoms with van der Waals surface area (Å²) in [6, 6.07) is 19.2. The molecule has 1 atom stereocenters. The molecule has 6 nitrogen and oxygen atoms in total. The fraction of sp³-hybridized carbons (Fsp3) is 0.333. The summed E-state index contributed by atoms with van der Waals surface area (Å²) in [4.78, 5) is 30.6. The number of carbonyl (C=O) groups is 2. The van der Waals surface area contributed by atoms with Gasteiger partial charge in [-0.25, -0.2) is 4.79 Å². The number of ether oxygens (including phenoxy) is 1. The van der Waals surface area contributed by atoms with Gasteiger partial charge in [-0.05, 0) is 49.2 Å². The number of nitrogens with zero attached hydrogens (tertiary/aromatic N) is 2. The van der Waals surface area contributed by atoms with Gasteiger partial charge in [0.15, 0.2) is 0 Å². The maximum atomic E-state index is 13.0. The summed E-state index contributed by atoms with van der Waals surface area (Å²) in [7, 11) is 0. The molecule has 0 radical (unpaired) electrons. The van der Waals surface area contributed by atoms with Crippen LogP contribution < -0.4 is 5.32 Å². The maximum absolute atomic E-state index is 13.0. The van der Waals surface area contributed by atoms with Crippen LogP contribution >= 0.6 is 22.9 Å². The van der Waals surface area contributed by atoms with Crippen molar-refractivity contribution in [2.75, 3.05) is 38.1 Å². The summed E-state index contributed by atoms with van der Waals surface area (Å²) in [5.41, 5.74) is 2.77. The van der Waals surface area contributed by atoms with E-state index in [-0.39, 0.29) is 18.0 Å². The number of halogens is 1. The molecule has 4 rings (SSSR count). The number of aryl methyl sites for hydroxylation is 1. The number of benzene rings is 2. The molecular formula is C27H30ClN3O3S. The van der Waals surface area contributed by atoms with Crippen LogP contribution in [-0.4, -0.2) is 54.6 Å². The first-order chi connectivity index (χ1) is 17.0. The van der Waals surface area contributed by atoms with Crippen molar-refractivity contribution in [3.05, 3.63) is 87.3 Å². The first-order valence-corrected chi connectivity index (χ1v) is 13.1. The zero-order valence-corrected chi connectivity index (χ0v) is 21.6. The lowest BCUT2D eigenvalue weighted by Gasteiger charge is -2.39. The highest BCUT2D eigenvalue weighted by atomic mass is 35.5. The smallest absolute Gasteiger partial charge is 0.409 e. The van der Waals surface area contributed by atoms with E-state index in [4.69, 9.17) is 16.3 Å². The first-order valence-electron chi connectivity index (χ1n) is 11.9. The van der Waals surface area contributed by atoms with Crippen molar-refractivity contribution in [3.8, 4) is 0 Å². The van der Waals surface area contributed by atoms with E-state index >= 15 is 0 Å². The molecule has 0 bridgehead atoms. The fourth-order valence-electron chi connectivity index (χ4n) is 4.31. The summed E-state index contributed by atoms with van der Waals surface area (Å²) in [5.74, 6) is -0.127. The van der Waals surface area contributed by atoms with Crippen molar-refractivity contribution >= 4 is 39.9 Å². The quantitative estimate of drug-likeness (QED) is 0.417. The van der Waals surface area contributed by atoms with Crippen LogP contribution in [0.5, 0.6) is 0 Å². The van der Waals surface area contributed by atoms with Crippen molar-refractivity contribution < 1.29 is 14.3 Å². The van der Waals surface area contributed by atoms with Crippen molar-refractivity contribution in [3.63, 3.8) is 0 Å². The van der Waals surface area contributed by atoms with E-state index in [9.17, 15) is 9.59 Å². The Bertz CT molecular complexity index is 1140. The molecule has 2 amide bonds. The largest absolute Gasteiger partial charge is 0.450 e. The van der Waals surface area contributed by atoms with E-state index in [1.165, 1.54) is 4.88 Å². The Balaban J connectivity index is 1.66. The van der Waals surface area contributed by atoms with E-state index in [0.717, 1.165) is 22.5 Å². The molecule has 1 aliphatic heterocycles. The minimum atomic E-state index is -0.269. The molecule has 0 unspecified atom stereocenters. The summed E-state index contributed by atoms with van der Waals surface area (Å²) < 4.78 is 5.19. The molecule has 2 heterocycles. The van der Waals surface area contributed by atoms with E-state index in [0.29, 0.717) is 43.4 Å². The van der Waals surface area contributed by atoms with Crippen LogP contribution in [0.3, 0.4) is 0 Å². The van der Waals surface area contributed by atoms with Gasteiger partial charge < -0.3 is 15.0 Å². The first kappa shape index (κ1) is 25.2. The lowest BCUT2D eigenvalue weighted by atomic mass is 9.97. The van der Waals surface area contributed by atoms with E-state index in [2.05, 4.69) is 23.2 Å². The Morgan fingerprint density at radius 2 is 1.71 bits per heavy atom. The van der Waals surface area contributed by atoms with Gasteiger partial charge >= 0.3 is 6.09 Å². The summed E-state index contributed by atoms with van der Waals surface area (Å²) in [6.07, 6.45) is 0.609. The summed E-state index contributed by atoms with van der Waals surface area (Å²) >= 11 is 7.82. The molecule has 8 heteroatoms. The SMILES string of the molecule is CCOC(=O)N1CCN([C@H](c2ccc(Cl)cc2)c2cc(CC)sc2NC(=O)c2ccccc2)CC1.